The Bertz CT molecular complexity index is 573. The van der Waals surface area contributed by atoms with Crippen molar-refractivity contribution in [3.63, 3.8) is 0 Å². The maximum absolute atomic E-state index is 12.8. The molecule has 0 unspecified atom stereocenters. The fraction of sp³-hybridized carbons (Fsp3) is 0.333. The lowest BCUT2D eigenvalue weighted by Crippen LogP contribution is -2.20. The standard InChI is InChI=1S/C15H15FO3S/c1-15(18-8-9-19-15)14-7-6-13(20-14)10-17-12-4-2-11(16)3-5-12/h2-7H,8-10H2,1H3. The Labute approximate surface area is 120 Å². The third-order valence-corrected chi connectivity index (χ3v) is 4.39. The molecule has 0 saturated carbocycles. The van der Waals surface area contributed by atoms with Crippen LogP contribution in [0.5, 0.6) is 5.75 Å². The van der Waals surface area contributed by atoms with Crippen LogP contribution < -0.4 is 4.74 Å². The summed E-state index contributed by atoms with van der Waals surface area (Å²) in [6.07, 6.45) is 0. The van der Waals surface area contributed by atoms with Gasteiger partial charge in [-0.15, -0.1) is 11.3 Å². The smallest absolute Gasteiger partial charge is 0.201 e. The van der Waals surface area contributed by atoms with Crippen molar-refractivity contribution >= 4 is 11.3 Å². The summed E-state index contributed by atoms with van der Waals surface area (Å²) in [5.41, 5.74) is 0. The van der Waals surface area contributed by atoms with Crippen molar-refractivity contribution in [2.45, 2.75) is 19.3 Å². The van der Waals surface area contributed by atoms with Crippen LogP contribution in [0, 0.1) is 5.82 Å². The summed E-state index contributed by atoms with van der Waals surface area (Å²) < 4.78 is 29.6. The molecule has 2 heterocycles. The highest BCUT2D eigenvalue weighted by Gasteiger charge is 2.34. The topological polar surface area (TPSA) is 27.7 Å². The zero-order valence-electron chi connectivity index (χ0n) is 11.1. The van der Waals surface area contributed by atoms with Crippen molar-refractivity contribution in [2.24, 2.45) is 0 Å². The molecule has 1 aliphatic heterocycles. The van der Waals surface area contributed by atoms with Crippen molar-refractivity contribution in [2.75, 3.05) is 13.2 Å². The Hall–Kier alpha value is -1.43. The molecule has 2 aromatic rings. The molecule has 1 aromatic heterocycles. The monoisotopic (exact) mass is 294 g/mol. The average molecular weight is 294 g/mol. The van der Waals surface area contributed by atoms with E-state index in [1.54, 1.807) is 23.5 Å². The maximum atomic E-state index is 12.8. The van der Waals surface area contributed by atoms with E-state index in [4.69, 9.17) is 14.2 Å². The summed E-state index contributed by atoms with van der Waals surface area (Å²) in [6.45, 7) is 3.62. The van der Waals surface area contributed by atoms with Crippen molar-refractivity contribution < 1.29 is 18.6 Å². The molecular formula is C15H15FO3S. The predicted octanol–water partition coefficient (Wildman–Crippen LogP) is 3.69. The molecule has 106 valence electrons. The molecule has 0 N–H and O–H groups in total. The number of thiophene rings is 1. The van der Waals surface area contributed by atoms with E-state index >= 15 is 0 Å². The van der Waals surface area contributed by atoms with Gasteiger partial charge in [-0.3, -0.25) is 0 Å². The Balaban J connectivity index is 1.64. The number of halogens is 1. The van der Waals surface area contributed by atoms with E-state index in [2.05, 4.69) is 0 Å². The van der Waals surface area contributed by atoms with Gasteiger partial charge < -0.3 is 14.2 Å². The fourth-order valence-corrected chi connectivity index (χ4v) is 3.02. The number of hydrogen-bond acceptors (Lipinski definition) is 4. The Morgan fingerprint density at radius 3 is 2.55 bits per heavy atom. The molecule has 1 aromatic carbocycles. The number of rotatable bonds is 4. The summed E-state index contributed by atoms with van der Waals surface area (Å²) in [5, 5.41) is 0. The Morgan fingerprint density at radius 2 is 1.85 bits per heavy atom. The lowest BCUT2D eigenvalue weighted by Gasteiger charge is -2.20. The molecule has 3 rings (SSSR count). The molecule has 3 nitrogen and oxygen atoms in total. The van der Waals surface area contributed by atoms with Gasteiger partial charge in [-0.25, -0.2) is 4.39 Å². The van der Waals surface area contributed by atoms with E-state index in [0.29, 0.717) is 25.6 Å². The van der Waals surface area contributed by atoms with E-state index in [1.165, 1.54) is 12.1 Å². The van der Waals surface area contributed by atoms with Gasteiger partial charge in [0, 0.05) is 4.88 Å². The largest absolute Gasteiger partial charge is 0.488 e. The molecule has 5 heteroatoms. The number of ether oxygens (including phenoxy) is 3. The van der Waals surface area contributed by atoms with Crippen LogP contribution in [0.4, 0.5) is 4.39 Å². The normalized spacial score (nSPS) is 17.3. The number of benzene rings is 1. The van der Waals surface area contributed by atoms with Crippen LogP contribution in [-0.4, -0.2) is 13.2 Å². The molecule has 0 spiro atoms. The summed E-state index contributed by atoms with van der Waals surface area (Å²) in [5.74, 6) is -0.237. The third-order valence-electron chi connectivity index (χ3n) is 3.14. The number of hydrogen-bond donors (Lipinski definition) is 0. The summed E-state index contributed by atoms with van der Waals surface area (Å²) in [4.78, 5) is 2.11. The van der Waals surface area contributed by atoms with E-state index in [-0.39, 0.29) is 5.82 Å². The van der Waals surface area contributed by atoms with Crippen LogP contribution in [0.2, 0.25) is 0 Å². The zero-order chi connectivity index (χ0) is 14.0. The second-order valence-corrected chi connectivity index (χ2v) is 5.82. The third kappa shape index (κ3) is 2.85. The first-order valence-corrected chi connectivity index (χ1v) is 7.23. The molecule has 0 amide bonds. The highest BCUT2D eigenvalue weighted by atomic mass is 32.1. The highest BCUT2D eigenvalue weighted by molar-refractivity contribution is 7.12. The quantitative estimate of drug-likeness (QED) is 0.861. The van der Waals surface area contributed by atoms with Gasteiger partial charge in [0.25, 0.3) is 0 Å². The molecule has 1 fully saturated rings. The zero-order valence-corrected chi connectivity index (χ0v) is 11.9. The lowest BCUT2D eigenvalue weighted by molar-refractivity contribution is -0.146. The second-order valence-electron chi connectivity index (χ2n) is 4.65. The van der Waals surface area contributed by atoms with Gasteiger partial charge in [-0.1, -0.05) is 0 Å². The molecular weight excluding hydrogens is 279 g/mol. The van der Waals surface area contributed by atoms with Crippen molar-refractivity contribution in [1.82, 2.24) is 0 Å². The first-order chi connectivity index (χ1) is 9.66. The van der Waals surface area contributed by atoms with Gasteiger partial charge >= 0.3 is 0 Å². The van der Waals surface area contributed by atoms with Crippen LogP contribution in [0.1, 0.15) is 16.7 Å². The summed E-state index contributed by atoms with van der Waals surface area (Å²) in [7, 11) is 0. The molecule has 1 aliphatic rings. The van der Waals surface area contributed by atoms with E-state index in [0.717, 1.165) is 9.75 Å². The first-order valence-electron chi connectivity index (χ1n) is 6.41. The molecule has 0 radical (unpaired) electrons. The van der Waals surface area contributed by atoms with Gasteiger partial charge in [0.1, 0.15) is 18.2 Å². The van der Waals surface area contributed by atoms with Crippen molar-refractivity contribution in [3.8, 4) is 5.75 Å². The van der Waals surface area contributed by atoms with Gasteiger partial charge in [-0.05, 0) is 43.3 Å². The van der Waals surface area contributed by atoms with Crippen molar-refractivity contribution in [3.05, 3.63) is 52.0 Å². The summed E-state index contributed by atoms with van der Waals surface area (Å²) in [6, 6.07) is 10.0. The molecule has 0 aliphatic carbocycles. The second kappa shape index (κ2) is 5.52. The molecule has 0 bridgehead atoms. The lowest BCUT2D eigenvalue weighted by atomic mass is 10.2. The van der Waals surface area contributed by atoms with Gasteiger partial charge in [-0.2, -0.15) is 0 Å². The maximum Gasteiger partial charge on any atom is 0.201 e. The van der Waals surface area contributed by atoms with E-state index < -0.39 is 5.79 Å². The minimum absolute atomic E-state index is 0.265. The van der Waals surface area contributed by atoms with Gasteiger partial charge in [0.2, 0.25) is 5.79 Å². The van der Waals surface area contributed by atoms with Gasteiger partial charge in [0.15, 0.2) is 0 Å². The van der Waals surface area contributed by atoms with E-state index in [1.807, 2.05) is 19.1 Å². The Morgan fingerprint density at radius 1 is 1.15 bits per heavy atom. The van der Waals surface area contributed by atoms with Crippen LogP contribution in [0.15, 0.2) is 36.4 Å². The van der Waals surface area contributed by atoms with E-state index in [9.17, 15) is 4.39 Å². The Kier molecular flexibility index (Phi) is 3.74. The van der Waals surface area contributed by atoms with Crippen LogP contribution >= 0.6 is 11.3 Å². The SMILES string of the molecule is CC1(c2ccc(COc3ccc(F)cc3)s2)OCCO1. The van der Waals surface area contributed by atoms with Crippen molar-refractivity contribution in [1.29, 1.82) is 0 Å². The highest BCUT2D eigenvalue weighted by Crippen LogP contribution is 2.35. The molecule has 1 saturated heterocycles. The summed E-state index contributed by atoms with van der Waals surface area (Å²) >= 11 is 1.60. The minimum Gasteiger partial charge on any atom is -0.488 e. The molecule has 0 atom stereocenters. The average Bonchev–Trinajstić information content (AvgIpc) is 3.08. The van der Waals surface area contributed by atoms with Crippen LogP contribution in [0.3, 0.4) is 0 Å². The van der Waals surface area contributed by atoms with Crippen LogP contribution in [0.25, 0.3) is 0 Å². The van der Waals surface area contributed by atoms with Crippen LogP contribution in [-0.2, 0) is 21.9 Å². The molecule has 20 heavy (non-hydrogen) atoms. The van der Waals surface area contributed by atoms with Gasteiger partial charge in [0.05, 0.1) is 18.1 Å². The fourth-order valence-electron chi connectivity index (χ4n) is 2.04. The minimum atomic E-state index is -0.626. The first kappa shape index (κ1) is 13.5. The predicted molar refractivity (Wildman–Crippen MR) is 74.3 cm³/mol.